The second-order valence-corrected chi connectivity index (χ2v) is 16.1. The van der Waals surface area contributed by atoms with Crippen molar-refractivity contribution < 1.29 is 31.3 Å². The van der Waals surface area contributed by atoms with Crippen molar-refractivity contribution in [2.75, 3.05) is 0 Å². The molecule has 2 N–H and O–H groups in total. The van der Waals surface area contributed by atoms with Gasteiger partial charge < -0.3 is 10.2 Å². The number of phenols is 2. The number of hydrogen-bond acceptors (Lipinski definition) is 4. The Kier molecular flexibility index (Phi) is 10.4. The molecule has 0 saturated heterocycles. The van der Waals surface area contributed by atoms with Crippen LogP contribution in [0.2, 0.25) is 0 Å². The fourth-order valence-electron chi connectivity index (χ4n) is 5.22. The predicted molar refractivity (Wildman–Crippen MR) is 189 cm³/mol. The summed E-state index contributed by atoms with van der Waals surface area (Å²) in [5, 5.41) is 24.8. The van der Waals surface area contributed by atoms with Crippen molar-refractivity contribution >= 4 is 34.6 Å². The summed E-state index contributed by atoms with van der Waals surface area (Å²) in [5.41, 5.74) is 6.13. The van der Waals surface area contributed by atoms with Crippen molar-refractivity contribution in [1.82, 2.24) is 0 Å². The van der Waals surface area contributed by atoms with E-state index in [1.165, 1.54) is 0 Å². The molecular weight excluding hydrogens is 736 g/mol. The van der Waals surface area contributed by atoms with Crippen molar-refractivity contribution in [3.63, 3.8) is 0 Å². The number of rotatable bonds is 4. The van der Waals surface area contributed by atoms with Crippen LogP contribution in [-0.2, 0) is 42.7 Å². The van der Waals surface area contributed by atoms with E-state index in [1.54, 1.807) is 12.4 Å². The summed E-state index contributed by atoms with van der Waals surface area (Å²) in [6.45, 7) is 25.7. The molecule has 0 heterocycles. The molecule has 4 rings (SSSR count). The van der Waals surface area contributed by atoms with E-state index < -0.39 is 0 Å². The molecule has 0 fully saturated rings. The van der Waals surface area contributed by atoms with Gasteiger partial charge in [-0.25, -0.2) is 0 Å². The average Bonchev–Trinajstić information content (AvgIpc) is 2.89. The molecule has 242 valence electrons. The summed E-state index contributed by atoms with van der Waals surface area (Å²) < 4.78 is 0. The molecule has 0 atom stereocenters. The van der Waals surface area contributed by atoms with Crippen LogP contribution in [0.5, 0.6) is 11.5 Å². The Labute approximate surface area is 285 Å². The fourth-order valence-corrected chi connectivity index (χ4v) is 5.22. The fraction of sp³-hybridized carbons (Fsp3) is 0.400. The Balaban J connectivity index is 0.00000552. The van der Waals surface area contributed by atoms with E-state index in [0.717, 1.165) is 33.0 Å². The van der Waals surface area contributed by atoms with Gasteiger partial charge in [0.15, 0.2) is 0 Å². The zero-order valence-electron chi connectivity index (χ0n) is 29.0. The van der Waals surface area contributed by atoms with Crippen LogP contribution < -0.4 is 0 Å². The molecular formula is C40H50N2O2Pt. The summed E-state index contributed by atoms with van der Waals surface area (Å²) in [7, 11) is 0. The largest absolute Gasteiger partial charge is 0.507 e. The zero-order chi connectivity index (χ0) is 32.8. The SMILES string of the molecule is CC(C)(C)c1cc(C=Nc2cc3ccccc3cc2N=Cc2cc(C(C)(C)C)cc(C(C)(C)C)c2O)c(O)c(C(C)(C)C)c1.[Pt]. The first kappa shape index (κ1) is 36.2. The minimum absolute atomic E-state index is 0. The number of hydrogen-bond donors (Lipinski definition) is 2. The molecule has 0 unspecified atom stereocenters. The van der Waals surface area contributed by atoms with Crippen LogP contribution >= 0.6 is 0 Å². The van der Waals surface area contributed by atoms with Crippen molar-refractivity contribution in [2.45, 2.75) is 105 Å². The number of phenolic OH excluding ortho intramolecular Hbond substituents is 2. The van der Waals surface area contributed by atoms with E-state index in [-0.39, 0.29) is 54.2 Å². The second kappa shape index (κ2) is 12.9. The molecule has 0 saturated carbocycles. The van der Waals surface area contributed by atoms with Crippen molar-refractivity contribution in [3.8, 4) is 11.5 Å². The van der Waals surface area contributed by atoms with Gasteiger partial charge in [0.1, 0.15) is 11.5 Å². The number of aliphatic imine (C=N–C) groups is 2. The summed E-state index contributed by atoms with van der Waals surface area (Å²) in [6.07, 6.45) is 3.50. The quantitative estimate of drug-likeness (QED) is 0.202. The minimum atomic E-state index is -0.234. The van der Waals surface area contributed by atoms with Crippen molar-refractivity contribution in [3.05, 3.63) is 94.0 Å². The standard InChI is InChI=1S/C40H50N2O2.Pt/c1-37(2,3)29-17-27(35(43)31(21-29)39(7,8)9)23-41-33-19-25-15-13-14-16-26(25)20-34(33)42-24-28-18-30(38(4,5)6)22-32(36(28)44)40(10,11)12;/h13-24,43-44H,1-12H3;. The van der Waals surface area contributed by atoms with Gasteiger partial charge in [0.05, 0.1) is 11.4 Å². The average molecular weight is 786 g/mol. The Hall–Kier alpha value is -3.23. The third kappa shape index (κ3) is 8.33. The number of benzene rings is 4. The maximum atomic E-state index is 11.4. The monoisotopic (exact) mass is 785 g/mol. The van der Waals surface area contributed by atoms with Crippen LogP contribution in [0, 0.1) is 0 Å². The van der Waals surface area contributed by atoms with Crippen LogP contribution in [0.15, 0.2) is 70.6 Å². The van der Waals surface area contributed by atoms with Gasteiger partial charge in [0, 0.05) is 55.7 Å². The molecule has 5 heteroatoms. The van der Waals surface area contributed by atoms with Crippen LogP contribution in [-0.4, -0.2) is 22.6 Å². The minimum Gasteiger partial charge on any atom is -0.507 e. The Morgan fingerprint density at radius 2 is 0.822 bits per heavy atom. The van der Waals surface area contributed by atoms with Gasteiger partial charge in [0.2, 0.25) is 0 Å². The molecule has 0 aliphatic heterocycles. The van der Waals surface area contributed by atoms with E-state index in [9.17, 15) is 10.2 Å². The molecule has 0 bridgehead atoms. The molecule has 0 radical (unpaired) electrons. The van der Waals surface area contributed by atoms with E-state index in [1.807, 2.05) is 36.4 Å². The molecule has 45 heavy (non-hydrogen) atoms. The second-order valence-electron chi connectivity index (χ2n) is 16.1. The number of aromatic hydroxyl groups is 2. The van der Waals surface area contributed by atoms with E-state index in [2.05, 4.69) is 107 Å². The summed E-state index contributed by atoms with van der Waals surface area (Å²) in [5.74, 6) is 0.498. The van der Waals surface area contributed by atoms with Gasteiger partial charge in [0.25, 0.3) is 0 Å². The first-order chi connectivity index (χ1) is 20.2. The first-order valence-electron chi connectivity index (χ1n) is 15.5. The first-order valence-corrected chi connectivity index (χ1v) is 15.5. The number of nitrogens with zero attached hydrogens (tertiary/aromatic N) is 2. The van der Waals surface area contributed by atoms with Crippen LogP contribution in [0.4, 0.5) is 11.4 Å². The summed E-state index contributed by atoms with van der Waals surface area (Å²) >= 11 is 0. The topological polar surface area (TPSA) is 65.2 Å². The van der Waals surface area contributed by atoms with Gasteiger partial charge in [-0.05, 0) is 67.8 Å². The smallest absolute Gasteiger partial charge is 0.128 e. The van der Waals surface area contributed by atoms with E-state index in [4.69, 9.17) is 9.98 Å². The molecule has 0 aliphatic rings. The number of fused-ring (bicyclic) bond motifs is 1. The van der Waals surface area contributed by atoms with Crippen LogP contribution in [0.25, 0.3) is 10.8 Å². The van der Waals surface area contributed by atoms with Crippen LogP contribution in [0.1, 0.15) is 116 Å². The Morgan fingerprint density at radius 3 is 1.11 bits per heavy atom. The maximum absolute atomic E-state index is 11.4. The Morgan fingerprint density at radius 1 is 0.489 bits per heavy atom. The molecule has 0 spiro atoms. The van der Waals surface area contributed by atoms with Gasteiger partial charge in [-0.3, -0.25) is 9.98 Å². The molecule has 4 nitrogen and oxygen atoms in total. The summed E-state index contributed by atoms with van der Waals surface area (Å²) in [4.78, 5) is 9.84. The van der Waals surface area contributed by atoms with Gasteiger partial charge in [-0.2, -0.15) is 0 Å². The van der Waals surface area contributed by atoms with Gasteiger partial charge in [-0.1, -0.05) is 119 Å². The molecule has 0 aromatic heterocycles. The zero-order valence-corrected chi connectivity index (χ0v) is 31.3. The van der Waals surface area contributed by atoms with Gasteiger partial charge in [-0.15, -0.1) is 0 Å². The molecule has 0 aliphatic carbocycles. The Bertz CT molecular complexity index is 1630. The van der Waals surface area contributed by atoms with Gasteiger partial charge >= 0.3 is 0 Å². The van der Waals surface area contributed by atoms with Crippen molar-refractivity contribution in [1.29, 1.82) is 0 Å². The normalized spacial score (nSPS) is 13.2. The van der Waals surface area contributed by atoms with E-state index >= 15 is 0 Å². The molecule has 0 amide bonds. The molecule has 4 aromatic carbocycles. The van der Waals surface area contributed by atoms with Crippen molar-refractivity contribution in [2.24, 2.45) is 9.98 Å². The maximum Gasteiger partial charge on any atom is 0.128 e. The van der Waals surface area contributed by atoms with Crippen LogP contribution in [0.3, 0.4) is 0 Å². The summed E-state index contributed by atoms with van der Waals surface area (Å²) in [6, 6.07) is 20.5. The third-order valence-corrected chi connectivity index (χ3v) is 8.16. The predicted octanol–water partition coefficient (Wildman–Crippen LogP) is 10.9. The van der Waals surface area contributed by atoms with E-state index in [0.29, 0.717) is 22.5 Å². The molecule has 4 aromatic rings. The third-order valence-electron chi connectivity index (χ3n) is 8.16.